The Morgan fingerprint density at radius 3 is 2.71 bits per heavy atom. The van der Waals surface area contributed by atoms with Crippen molar-refractivity contribution in [2.45, 2.75) is 19.8 Å². The second kappa shape index (κ2) is 5.86. The first-order chi connectivity index (χ1) is 9.85. The van der Waals surface area contributed by atoms with Gasteiger partial charge in [-0.1, -0.05) is 23.4 Å². The van der Waals surface area contributed by atoms with Crippen LogP contribution in [0.3, 0.4) is 0 Å². The van der Waals surface area contributed by atoms with Crippen LogP contribution in [0.1, 0.15) is 21.8 Å². The number of para-hydroxylation sites is 1. The number of carbonyl (C=O) groups excluding carboxylic acids is 1. The highest BCUT2D eigenvalue weighted by Gasteiger charge is 2.32. The van der Waals surface area contributed by atoms with Gasteiger partial charge in [-0.15, -0.1) is 13.2 Å². The Balaban J connectivity index is 2.05. The maximum Gasteiger partial charge on any atom is 0.573 e. The summed E-state index contributed by atoms with van der Waals surface area (Å²) in [6.45, 7) is 1.49. The molecule has 1 aromatic carbocycles. The van der Waals surface area contributed by atoms with Crippen molar-refractivity contribution in [3.63, 3.8) is 0 Å². The van der Waals surface area contributed by atoms with E-state index < -0.39 is 12.3 Å². The molecule has 21 heavy (non-hydrogen) atoms. The summed E-state index contributed by atoms with van der Waals surface area (Å²) in [6.07, 6.45) is -4.79. The van der Waals surface area contributed by atoms with Gasteiger partial charge in [0, 0.05) is 18.2 Å². The number of aryl methyl sites for hydroxylation is 1. The number of carbonyl (C=O) groups is 1. The van der Waals surface area contributed by atoms with Crippen LogP contribution in [0.25, 0.3) is 0 Å². The fourth-order valence-electron chi connectivity index (χ4n) is 1.61. The SMILES string of the molecule is Cc1cc(C(=O)NCc2ccccc2OC(F)(F)F)no1. The van der Waals surface area contributed by atoms with E-state index in [0.717, 1.165) is 0 Å². The van der Waals surface area contributed by atoms with Crippen molar-refractivity contribution in [3.05, 3.63) is 47.3 Å². The topological polar surface area (TPSA) is 64.4 Å². The van der Waals surface area contributed by atoms with Gasteiger partial charge in [-0.3, -0.25) is 4.79 Å². The van der Waals surface area contributed by atoms with E-state index in [1.165, 1.54) is 24.3 Å². The van der Waals surface area contributed by atoms with Gasteiger partial charge in [-0.25, -0.2) is 0 Å². The Kier molecular flexibility index (Phi) is 4.15. The molecule has 0 aliphatic carbocycles. The number of ether oxygens (including phenoxy) is 1. The zero-order chi connectivity index (χ0) is 15.5. The normalized spacial score (nSPS) is 11.2. The summed E-state index contributed by atoms with van der Waals surface area (Å²) in [5.41, 5.74) is 0.255. The Morgan fingerprint density at radius 2 is 2.10 bits per heavy atom. The van der Waals surface area contributed by atoms with Gasteiger partial charge in [0.2, 0.25) is 0 Å². The number of hydrogen-bond acceptors (Lipinski definition) is 4. The number of benzene rings is 1. The number of halogens is 3. The molecule has 0 saturated carbocycles. The zero-order valence-corrected chi connectivity index (χ0v) is 10.9. The van der Waals surface area contributed by atoms with E-state index in [4.69, 9.17) is 4.52 Å². The maximum atomic E-state index is 12.3. The summed E-state index contributed by atoms with van der Waals surface area (Å²) in [4.78, 5) is 11.7. The summed E-state index contributed by atoms with van der Waals surface area (Å²) in [5.74, 6) is -0.448. The summed E-state index contributed by atoms with van der Waals surface area (Å²) < 4.78 is 45.4. The zero-order valence-electron chi connectivity index (χ0n) is 10.9. The molecule has 0 unspecified atom stereocenters. The quantitative estimate of drug-likeness (QED) is 0.943. The van der Waals surface area contributed by atoms with Crippen molar-refractivity contribution < 1.29 is 27.2 Å². The molecule has 2 rings (SSSR count). The number of nitrogens with zero attached hydrogens (tertiary/aromatic N) is 1. The average molecular weight is 300 g/mol. The lowest BCUT2D eigenvalue weighted by Gasteiger charge is -2.13. The number of nitrogens with one attached hydrogen (secondary N) is 1. The Hall–Kier alpha value is -2.51. The van der Waals surface area contributed by atoms with Crippen molar-refractivity contribution in [3.8, 4) is 5.75 Å². The summed E-state index contributed by atoms with van der Waals surface area (Å²) in [5, 5.41) is 5.96. The fraction of sp³-hybridized carbons (Fsp3) is 0.231. The minimum Gasteiger partial charge on any atom is -0.405 e. The first kappa shape index (κ1) is 14.9. The van der Waals surface area contributed by atoms with Crippen LogP contribution < -0.4 is 10.1 Å². The minimum absolute atomic E-state index is 0.0571. The number of rotatable bonds is 4. The number of hydrogen-bond donors (Lipinski definition) is 1. The molecule has 0 bridgehead atoms. The first-order valence-corrected chi connectivity index (χ1v) is 5.90. The van der Waals surface area contributed by atoms with Crippen molar-refractivity contribution in [2.75, 3.05) is 0 Å². The molecule has 0 aliphatic heterocycles. The van der Waals surface area contributed by atoms with Crippen molar-refractivity contribution in [1.29, 1.82) is 0 Å². The first-order valence-electron chi connectivity index (χ1n) is 5.90. The molecular formula is C13H11F3N2O3. The van der Waals surface area contributed by atoms with E-state index in [1.54, 1.807) is 13.0 Å². The molecule has 0 radical (unpaired) electrons. The molecule has 1 aromatic heterocycles. The van der Waals surface area contributed by atoms with Crippen molar-refractivity contribution in [1.82, 2.24) is 10.5 Å². The van der Waals surface area contributed by atoms with Gasteiger partial charge in [0.15, 0.2) is 5.69 Å². The highest BCUT2D eigenvalue weighted by molar-refractivity contribution is 5.92. The number of aromatic nitrogens is 1. The maximum absolute atomic E-state index is 12.3. The molecule has 1 N–H and O–H groups in total. The molecule has 0 saturated heterocycles. The largest absolute Gasteiger partial charge is 0.573 e. The summed E-state index contributed by atoms with van der Waals surface area (Å²) in [6, 6.07) is 6.98. The van der Waals surface area contributed by atoms with Crippen LogP contribution in [0.2, 0.25) is 0 Å². The predicted octanol–water partition coefficient (Wildman–Crippen LogP) is 2.81. The van der Waals surface area contributed by atoms with Crippen LogP contribution in [-0.2, 0) is 6.54 Å². The van der Waals surface area contributed by atoms with Crippen LogP contribution in [0.4, 0.5) is 13.2 Å². The molecule has 8 heteroatoms. The van der Waals surface area contributed by atoms with E-state index in [-0.39, 0.29) is 23.6 Å². The molecule has 112 valence electrons. The lowest BCUT2D eigenvalue weighted by atomic mass is 10.2. The molecule has 0 fully saturated rings. The molecule has 0 aliphatic rings. The lowest BCUT2D eigenvalue weighted by Crippen LogP contribution is -2.24. The van der Waals surface area contributed by atoms with E-state index in [9.17, 15) is 18.0 Å². The van der Waals surface area contributed by atoms with E-state index in [1.807, 2.05) is 0 Å². The van der Waals surface area contributed by atoms with E-state index >= 15 is 0 Å². The van der Waals surface area contributed by atoms with E-state index in [0.29, 0.717) is 5.76 Å². The van der Waals surface area contributed by atoms with Crippen LogP contribution in [0.5, 0.6) is 5.75 Å². The third kappa shape index (κ3) is 4.23. The third-order valence-electron chi connectivity index (χ3n) is 2.50. The minimum atomic E-state index is -4.79. The highest BCUT2D eigenvalue weighted by atomic mass is 19.4. The third-order valence-corrected chi connectivity index (χ3v) is 2.50. The second-order valence-corrected chi connectivity index (χ2v) is 4.16. The average Bonchev–Trinajstić information content (AvgIpc) is 2.82. The molecule has 5 nitrogen and oxygen atoms in total. The second-order valence-electron chi connectivity index (χ2n) is 4.16. The lowest BCUT2D eigenvalue weighted by molar-refractivity contribution is -0.274. The molecule has 2 aromatic rings. The summed E-state index contributed by atoms with van der Waals surface area (Å²) in [7, 11) is 0. The molecule has 1 heterocycles. The van der Waals surface area contributed by atoms with Crippen LogP contribution in [0, 0.1) is 6.92 Å². The standard InChI is InChI=1S/C13H11F3N2O3/c1-8-6-10(18-21-8)12(19)17-7-9-4-2-3-5-11(9)20-13(14,15)16/h2-6H,7H2,1H3,(H,17,19). The van der Waals surface area contributed by atoms with Gasteiger partial charge < -0.3 is 14.6 Å². The van der Waals surface area contributed by atoms with Crippen molar-refractivity contribution >= 4 is 5.91 Å². The van der Waals surface area contributed by atoms with Gasteiger partial charge in [0.05, 0.1) is 0 Å². The van der Waals surface area contributed by atoms with Crippen LogP contribution >= 0.6 is 0 Å². The predicted molar refractivity (Wildman–Crippen MR) is 65.5 cm³/mol. The fourth-order valence-corrected chi connectivity index (χ4v) is 1.61. The van der Waals surface area contributed by atoms with Crippen LogP contribution in [-0.4, -0.2) is 17.4 Å². The molecular weight excluding hydrogens is 289 g/mol. The number of amides is 1. The smallest absolute Gasteiger partial charge is 0.405 e. The van der Waals surface area contributed by atoms with Crippen LogP contribution in [0.15, 0.2) is 34.9 Å². The van der Waals surface area contributed by atoms with Gasteiger partial charge in [-0.2, -0.15) is 0 Å². The molecule has 1 amide bonds. The molecule has 0 spiro atoms. The summed E-state index contributed by atoms with van der Waals surface area (Å²) >= 11 is 0. The Bertz CT molecular complexity index is 638. The van der Waals surface area contributed by atoms with Crippen molar-refractivity contribution in [2.24, 2.45) is 0 Å². The Labute approximate surface area is 117 Å². The highest BCUT2D eigenvalue weighted by Crippen LogP contribution is 2.26. The van der Waals surface area contributed by atoms with Gasteiger partial charge in [0.25, 0.3) is 5.91 Å². The molecule has 0 atom stereocenters. The van der Waals surface area contributed by atoms with Gasteiger partial charge in [0.1, 0.15) is 11.5 Å². The van der Waals surface area contributed by atoms with E-state index in [2.05, 4.69) is 15.2 Å². The Morgan fingerprint density at radius 1 is 1.38 bits per heavy atom. The van der Waals surface area contributed by atoms with Gasteiger partial charge in [-0.05, 0) is 13.0 Å². The monoisotopic (exact) mass is 300 g/mol. The number of alkyl halides is 3. The van der Waals surface area contributed by atoms with Gasteiger partial charge >= 0.3 is 6.36 Å².